The van der Waals surface area contributed by atoms with Crippen LogP contribution in [0.2, 0.25) is 0 Å². The standard InChI is InChI=1S/C22H42O4/c1-2-3-4-5-6-7-8-9-10-11-12-13-14-15-16-17-20(22(25)26)18-19-21(23)24/h20H,2-19H2,1H3,(H,23,24)(H,25,26). The van der Waals surface area contributed by atoms with E-state index in [-0.39, 0.29) is 12.8 Å². The largest absolute Gasteiger partial charge is 0.481 e. The van der Waals surface area contributed by atoms with E-state index < -0.39 is 17.9 Å². The van der Waals surface area contributed by atoms with Crippen molar-refractivity contribution in [1.82, 2.24) is 0 Å². The van der Waals surface area contributed by atoms with Crippen molar-refractivity contribution in [2.24, 2.45) is 5.92 Å². The average molecular weight is 371 g/mol. The van der Waals surface area contributed by atoms with Crippen LogP contribution in [-0.2, 0) is 9.59 Å². The Kier molecular flexibility index (Phi) is 18.0. The molecule has 1 unspecified atom stereocenters. The smallest absolute Gasteiger partial charge is 0.306 e. The van der Waals surface area contributed by atoms with E-state index in [0.717, 1.165) is 12.8 Å². The second kappa shape index (κ2) is 18.7. The Morgan fingerprint density at radius 1 is 0.615 bits per heavy atom. The molecule has 0 amide bonds. The molecule has 0 spiro atoms. The van der Waals surface area contributed by atoms with E-state index in [2.05, 4.69) is 6.92 Å². The van der Waals surface area contributed by atoms with Crippen molar-refractivity contribution in [3.05, 3.63) is 0 Å². The van der Waals surface area contributed by atoms with Gasteiger partial charge in [0.15, 0.2) is 0 Å². The van der Waals surface area contributed by atoms with E-state index in [4.69, 9.17) is 10.2 Å². The van der Waals surface area contributed by atoms with Gasteiger partial charge in [0.1, 0.15) is 0 Å². The van der Waals surface area contributed by atoms with E-state index in [9.17, 15) is 9.59 Å². The molecule has 0 aliphatic rings. The van der Waals surface area contributed by atoms with E-state index >= 15 is 0 Å². The van der Waals surface area contributed by atoms with E-state index in [1.165, 1.54) is 83.5 Å². The zero-order valence-electron chi connectivity index (χ0n) is 17.0. The van der Waals surface area contributed by atoms with Crippen LogP contribution in [0.15, 0.2) is 0 Å². The molecule has 0 aliphatic heterocycles. The summed E-state index contributed by atoms with van der Waals surface area (Å²) >= 11 is 0. The molecule has 0 bridgehead atoms. The lowest BCUT2D eigenvalue weighted by Crippen LogP contribution is -2.15. The molecular formula is C22H42O4. The molecule has 154 valence electrons. The zero-order valence-corrected chi connectivity index (χ0v) is 17.0. The van der Waals surface area contributed by atoms with Gasteiger partial charge in [-0.1, -0.05) is 103 Å². The van der Waals surface area contributed by atoms with Crippen molar-refractivity contribution in [1.29, 1.82) is 0 Å². The van der Waals surface area contributed by atoms with Crippen molar-refractivity contribution >= 4 is 11.9 Å². The van der Waals surface area contributed by atoms with Crippen LogP contribution in [0, 0.1) is 5.92 Å². The minimum Gasteiger partial charge on any atom is -0.481 e. The summed E-state index contributed by atoms with van der Waals surface area (Å²) in [5.41, 5.74) is 0. The van der Waals surface area contributed by atoms with Gasteiger partial charge in [-0.15, -0.1) is 0 Å². The molecule has 0 radical (unpaired) electrons. The maximum Gasteiger partial charge on any atom is 0.306 e. The number of unbranched alkanes of at least 4 members (excludes halogenated alkanes) is 14. The van der Waals surface area contributed by atoms with Crippen molar-refractivity contribution < 1.29 is 19.8 Å². The number of carboxylic acid groups (broad SMARTS) is 2. The molecule has 0 heterocycles. The van der Waals surface area contributed by atoms with Gasteiger partial charge in [-0.25, -0.2) is 0 Å². The van der Waals surface area contributed by atoms with Crippen molar-refractivity contribution in [2.45, 2.75) is 122 Å². The Bertz CT molecular complexity index is 341. The molecule has 0 aliphatic carbocycles. The molecule has 0 saturated carbocycles. The molecule has 2 N–H and O–H groups in total. The lowest BCUT2D eigenvalue weighted by molar-refractivity contribution is -0.143. The summed E-state index contributed by atoms with van der Waals surface area (Å²) in [6.07, 6.45) is 20.3. The quantitative estimate of drug-likeness (QED) is 0.231. The summed E-state index contributed by atoms with van der Waals surface area (Å²) in [7, 11) is 0. The van der Waals surface area contributed by atoms with Gasteiger partial charge in [0.25, 0.3) is 0 Å². The van der Waals surface area contributed by atoms with Crippen LogP contribution in [0.5, 0.6) is 0 Å². The Labute approximate surface area is 160 Å². The highest BCUT2D eigenvalue weighted by Crippen LogP contribution is 2.18. The molecule has 4 nitrogen and oxygen atoms in total. The Hall–Kier alpha value is -1.06. The van der Waals surface area contributed by atoms with Crippen LogP contribution in [0.1, 0.15) is 122 Å². The first kappa shape index (κ1) is 24.9. The van der Waals surface area contributed by atoms with Crippen LogP contribution >= 0.6 is 0 Å². The minimum absolute atomic E-state index is 0.0459. The van der Waals surface area contributed by atoms with Gasteiger partial charge >= 0.3 is 11.9 Å². The third-order valence-corrected chi connectivity index (χ3v) is 5.21. The summed E-state index contributed by atoms with van der Waals surface area (Å²) < 4.78 is 0. The first-order valence-electron chi connectivity index (χ1n) is 11.0. The lowest BCUT2D eigenvalue weighted by Gasteiger charge is -2.10. The fraction of sp³-hybridized carbons (Fsp3) is 0.909. The van der Waals surface area contributed by atoms with Gasteiger partial charge in [-0.2, -0.15) is 0 Å². The summed E-state index contributed by atoms with van der Waals surface area (Å²) in [6.45, 7) is 2.26. The molecule has 0 aromatic rings. The molecule has 0 aromatic carbocycles. The van der Waals surface area contributed by atoms with Crippen molar-refractivity contribution in [2.75, 3.05) is 0 Å². The Morgan fingerprint density at radius 2 is 1.00 bits per heavy atom. The third-order valence-electron chi connectivity index (χ3n) is 5.21. The second-order valence-electron chi connectivity index (χ2n) is 7.71. The Balaban J connectivity index is 3.32. The molecule has 0 fully saturated rings. The van der Waals surface area contributed by atoms with Crippen LogP contribution in [-0.4, -0.2) is 22.2 Å². The van der Waals surface area contributed by atoms with E-state index in [0.29, 0.717) is 6.42 Å². The first-order chi connectivity index (χ1) is 12.6. The molecule has 4 heteroatoms. The molecule has 0 saturated heterocycles. The number of hydrogen-bond acceptors (Lipinski definition) is 2. The van der Waals surface area contributed by atoms with E-state index in [1.54, 1.807) is 0 Å². The summed E-state index contributed by atoms with van der Waals surface area (Å²) in [6, 6.07) is 0. The maximum atomic E-state index is 11.1. The number of carbonyl (C=O) groups is 2. The van der Waals surface area contributed by atoms with Gasteiger partial charge in [0.05, 0.1) is 5.92 Å². The van der Waals surface area contributed by atoms with Crippen LogP contribution < -0.4 is 0 Å². The van der Waals surface area contributed by atoms with Crippen molar-refractivity contribution in [3.63, 3.8) is 0 Å². The number of rotatable bonds is 20. The maximum absolute atomic E-state index is 11.1. The molecular weight excluding hydrogens is 328 g/mol. The monoisotopic (exact) mass is 370 g/mol. The van der Waals surface area contributed by atoms with Crippen LogP contribution in [0.4, 0.5) is 0 Å². The van der Waals surface area contributed by atoms with Gasteiger partial charge in [0, 0.05) is 6.42 Å². The summed E-state index contributed by atoms with van der Waals surface area (Å²) in [4.78, 5) is 21.6. The predicted octanol–water partition coefficient (Wildman–Crippen LogP) is 6.81. The third kappa shape index (κ3) is 17.8. The first-order valence-corrected chi connectivity index (χ1v) is 11.0. The molecule has 1 atom stereocenters. The lowest BCUT2D eigenvalue weighted by atomic mass is 9.95. The summed E-state index contributed by atoms with van der Waals surface area (Å²) in [5, 5.41) is 17.8. The van der Waals surface area contributed by atoms with Crippen LogP contribution in [0.3, 0.4) is 0 Å². The minimum atomic E-state index is -0.909. The fourth-order valence-electron chi connectivity index (χ4n) is 3.45. The average Bonchev–Trinajstić information content (AvgIpc) is 2.60. The van der Waals surface area contributed by atoms with E-state index in [1.807, 2.05) is 0 Å². The predicted molar refractivity (Wildman–Crippen MR) is 108 cm³/mol. The highest BCUT2D eigenvalue weighted by Gasteiger charge is 2.17. The number of hydrogen-bond donors (Lipinski definition) is 2. The SMILES string of the molecule is CCCCCCCCCCCCCCCCCC(CCC(=O)O)C(=O)O. The molecule has 0 rings (SSSR count). The highest BCUT2D eigenvalue weighted by molar-refractivity contribution is 5.72. The number of aliphatic carboxylic acids is 2. The number of carboxylic acids is 2. The zero-order chi connectivity index (χ0) is 19.5. The highest BCUT2D eigenvalue weighted by atomic mass is 16.4. The normalized spacial score (nSPS) is 12.2. The fourth-order valence-corrected chi connectivity index (χ4v) is 3.45. The Morgan fingerprint density at radius 3 is 1.35 bits per heavy atom. The van der Waals surface area contributed by atoms with Gasteiger partial charge < -0.3 is 10.2 Å². The summed E-state index contributed by atoms with van der Waals surface area (Å²) in [5.74, 6) is -2.25. The second-order valence-corrected chi connectivity index (χ2v) is 7.71. The van der Waals surface area contributed by atoms with Gasteiger partial charge in [-0.3, -0.25) is 9.59 Å². The van der Waals surface area contributed by atoms with Gasteiger partial charge in [-0.05, 0) is 12.8 Å². The molecule has 26 heavy (non-hydrogen) atoms. The van der Waals surface area contributed by atoms with Crippen LogP contribution in [0.25, 0.3) is 0 Å². The van der Waals surface area contributed by atoms with Crippen molar-refractivity contribution in [3.8, 4) is 0 Å². The van der Waals surface area contributed by atoms with Gasteiger partial charge in [0.2, 0.25) is 0 Å². The topological polar surface area (TPSA) is 74.6 Å². The molecule has 0 aromatic heterocycles.